The third kappa shape index (κ3) is 5.97. The number of benzene rings is 2. The molecule has 3 heterocycles. The van der Waals surface area contributed by atoms with Gasteiger partial charge in [-0.15, -0.1) is 11.3 Å². The number of thiophene rings is 1. The number of para-hydroxylation sites is 1. The lowest BCUT2D eigenvalue weighted by Gasteiger charge is -2.20. The number of thioether (sulfide) groups is 1. The van der Waals surface area contributed by atoms with Gasteiger partial charge in [-0.1, -0.05) is 44.2 Å². The molecule has 2 aromatic carbocycles. The van der Waals surface area contributed by atoms with Gasteiger partial charge in [0.15, 0.2) is 17.3 Å². The van der Waals surface area contributed by atoms with E-state index in [-0.39, 0.29) is 11.4 Å². The van der Waals surface area contributed by atoms with Gasteiger partial charge in [0.1, 0.15) is 10.8 Å². The van der Waals surface area contributed by atoms with E-state index in [1.54, 1.807) is 36.7 Å². The van der Waals surface area contributed by atoms with Crippen LogP contribution in [0.4, 0.5) is 0 Å². The van der Waals surface area contributed by atoms with Crippen molar-refractivity contribution >= 4 is 51.1 Å². The highest BCUT2D eigenvalue weighted by Crippen LogP contribution is 2.34. The molecule has 8 nitrogen and oxygen atoms in total. The molecule has 0 spiro atoms. The van der Waals surface area contributed by atoms with Crippen LogP contribution in [0, 0.1) is 5.41 Å². The van der Waals surface area contributed by atoms with Gasteiger partial charge in [-0.2, -0.15) is 15.1 Å². The molecule has 1 N–H and O–H groups in total. The Balaban J connectivity index is 1.21. The molecule has 5 rings (SSSR count). The van der Waals surface area contributed by atoms with Gasteiger partial charge < -0.3 is 14.2 Å². The van der Waals surface area contributed by atoms with Crippen LogP contribution in [0.1, 0.15) is 48.6 Å². The first-order valence-corrected chi connectivity index (χ1v) is 14.7. The normalized spacial score (nSPS) is 16.5. The lowest BCUT2D eigenvalue weighted by molar-refractivity contribution is -0.114. The average Bonchev–Trinajstić information content (AvgIpc) is 3.66. The molecule has 1 amide bonds. The molecule has 3 aromatic rings. The van der Waals surface area contributed by atoms with Gasteiger partial charge >= 0.3 is 0 Å². The smallest absolute Gasteiger partial charge is 0.283 e. The molecule has 0 radical (unpaired) electrons. The molecule has 1 unspecified atom stereocenters. The molecule has 10 heteroatoms. The van der Waals surface area contributed by atoms with Crippen molar-refractivity contribution in [3.63, 3.8) is 0 Å². The molecule has 206 valence electrons. The standard InChI is InChI=1S/C30H30N4O4S2/c1-4-19(2)21-9-5-6-10-23(21)37-14-8-15-38-24-13-12-20(18-25(24)36-3)17-22-27(31)34-30(32-28(22)35)40-29(33-34)26-11-7-16-39-26/h5-7,9-13,16-19,31H,4,8,14-15H2,1-3H3. The number of fused-ring (bicyclic) bond motifs is 1. The minimum atomic E-state index is -0.472. The average molecular weight is 575 g/mol. The van der Waals surface area contributed by atoms with Crippen LogP contribution >= 0.6 is 23.1 Å². The van der Waals surface area contributed by atoms with Crippen molar-refractivity contribution in [1.29, 1.82) is 5.41 Å². The van der Waals surface area contributed by atoms with E-state index in [0.717, 1.165) is 22.1 Å². The third-order valence-corrected chi connectivity index (χ3v) is 8.50. The number of methoxy groups -OCH3 is 1. The Kier molecular flexibility index (Phi) is 8.66. The number of ether oxygens (including phenoxy) is 3. The first kappa shape index (κ1) is 27.7. The maximum Gasteiger partial charge on any atom is 0.283 e. The Labute approximate surface area is 241 Å². The van der Waals surface area contributed by atoms with Crippen molar-refractivity contribution in [1.82, 2.24) is 5.01 Å². The Morgan fingerprint density at radius 2 is 1.85 bits per heavy atom. The summed E-state index contributed by atoms with van der Waals surface area (Å²) in [5.74, 6) is 2.01. The van der Waals surface area contributed by atoms with Crippen molar-refractivity contribution < 1.29 is 19.0 Å². The molecule has 1 aromatic heterocycles. The number of nitrogens with one attached hydrogen (secondary N) is 1. The van der Waals surface area contributed by atoms with E-state index in [2.05, 4.69) is 30.0 Å². The van der Waals surface area contributed by atoms with Crippen LogP contribution in [0.15, 0.2) is 75.6 Å². The largest absolute Gasteiger partial charge is 0.493 e. The van der Waals surface area contributed by atoms with E-state index < -0.39 is 5.91 Å². The molecule has 0 aliphatic carbocycles. The fourth-order valence-electron chi connectivity index (χ4n) is 4.21. The van der Waals surface area contributed by atoms with Gasteiger partial charge in [0.2, 0.25) is 5.17 Å². The van der Waals surface area contributed by atoms with Gasteiger partial charge in [-0.05, 0) is 70.9 Å². The second kappa shape index (κ2) is 12.5. The SMILES string of the molecule is CCC(C)c1ccccc1OCCCOc1ccc(C=C2C(=N)N3N=C(c4cccs4)SC3=NC2=O)cc1OC. The summed E-state index contributed by atoms with van der Waals surface area (Å²) in [6.45, 7) is 5.38. The number of hydrazone groups is 1. The summed E-state index contributed by atoms with van der Waals surface area (Å²) >= 11 is 2.84. The van der Waals surface area contributed by atoms with E-state index in [9.17, 15) is 4.79 Å². The van der Waals surface area contributed by atoms with Crippen LogP contribution in [0.5, 0.6) is 17.2 Å². The number of carbonyl (C=O) groups is 1. The fraction of sp³-hybridized carbons (Fsp3) is 0.267. The first-order chi connectivity index (χ1) is 19.5. The molecule has 40 heavy (non-hydrogen) atoms. The third-order valence-electron chi connectivity index (χ3n) is 6.55. The lowest BCUT2D eigenvalue weighted by Crippen LogP contribution is -2.35. The molecule has 0 saturated carbocycles. The van der Waals surface area contributed by atoms with Gasteiger partial charge in [-0.25, -0.2) is 0 Å². The van der Waals surface area contributed by atoms with Crippen LogP contribution in [-0.2, 0) is 4.79 Å². The molecule has 2 aliphatic heterocycles. The summed E-state index contributed by atoms with van der Waals surface area (Å²) in [4.78, 5) is 17.9. The number of carbonyl (C=O) groups excluding carboxylic acids is 1. The van der Waals surface area contributed by atoms with Crippen LogP contribution in [0.25, 0.3) is 6.08 Å². The molecule has 0 saturated heterocycles. The minimum absolute atomic E-state index is 0.0109. The second-order valence-corrected chi connectivity index (χ2v) is 11.1. The maximum atomic E-state index is 12.8. The van der Waals surface area contributed by atoms with Crippen molar-refractivity contribution in [2.45, 2.75) is 32.6 Å². The number of hydrogen-bond donors (Lipinski definition) is 1. The summed E-state index contributed by atoms with van der Waals surface area (Å²) in [7, 11) is 1.57. The molecular formula is C30H30N4O4S2. The molecule has 2 aliphatic rings. The summed E-state index contributed by atoms with van der Waals surface area (Å²) in [6, 6.07) is 17.5. The van der Waals surface area contributed by atoms with Crippen molar-refractivity contribution in [3.05, 3.63) is 81.6 Å². The van der Waals surface area contributed by atoms with Crippen molar-refractivity contribution in [2.24, 2.45) is 10.1 Å². The number of amides is 1. The number of nitrogens with zero attached hydrogens (tertiary/aromatic N) is 3. The van der Waals surface area contributed by atoms with E-state index in [4.69, 9.17) is 19.6 Å². The highest BCUT2D eigenvalue weighted by molar-refractivity contribution is 8.27. The Hall–Kier alpha value is -3.89. The molecule has 1 atom stereocenters. The summed E-state index contributed by atoms with van der Waals surface area (Å²) in [6.07, 6.45) is 3.39. The Bertz CT molecular complexity index is 1500. The second-order valence-electron chi connectivity index (χ2n) is 9.21. The quantitative estimate of drug-likeness (QED) is 0.200. The molecule has 0 bridgehead atoms. The van der Waals surface area contributed by atoms with Crippen LogP contribution in [0.3, 0.4) is 0 Å². The number of aliphatic imine (C=N–C) groups is 1. The highest BCUT2D eigenvalue weighted by atomic mass is 32.2. The van der Waals surface area contributed by atoms with Gasteiger partial charge in [0.05, 0.1) is 30.8 Å². The lowest BCUT2D eigenvalue weighted by atomic mass is 9.98. The molecule has 0 fully saturated rings. The first-order valence-electron chi connectivity index (χ1n) is 13.0. The van der Waals surface area contributed by atoms with Crippen molar-refractivity contribution in [2.75, 3.05) is 20.3 Å². The van der Waals surface area contributed by atoms with Crippen LogP contribution in [0.2, 0.25) is 0 Å². The number of hydrogen-bond acceptors (Lipinski definition) is 8. The number of amidine groups is 2. The predicted octanol–water partition coefficient (Wildman–Crippen LogP) is 6.79. The van der Waals surface area contributed by atoms with Crippen molar-refractivity contribution in [3.8, 4) is 17.2 Å². The van der Waals surface area contributed by atoms with Crippen LogP contribution in [-0.4, -0.2) is 47.3 Å². The van der Waals surface area contributed by atoms with Gasteiger partial charge in [0.25, 0.3) is 5.91 Å². The number of rotatable bonds is 11. The monoisotopic (exact) mass is 574 g/mol. The predicted molar refractivity (Wildman–Crippen MR) is 162 cm³/mol. The maximum absolute atomic E-state index is 12.8. The Morgan fingerprint density at radius 1 is 1.05 bits per heavy atom. The minimum Gasteiger partial charge on any atom is -0.493 e. The zero-order valence-electron chi connectivity index (χ0n) is 22.5. The summed E-state index contributed by atoms with van der Waals surface area (Å²) in [5, 5.41) is 17.6. The summed E-state index contributed by atoms with van der Waals surface area (Å²) in [5.41, 5.74) is 2.07. The zero-order chi connectivity index (χ0) is 28.1. The Morgan fingerprint density at radius 3 is 2.60 bits per heavy atom. The van der Waals surface area contributed by atoms with E-state index in [1.807, 2.05) is 41.8 Å². The summed E-state index contributed by atoms with van der Waals surface area (Å²) < 4.78 is 17.6. The van der Waals surface area contributed by atoms with Gasteiger partial charge in [-0.3, -0.25) is 10.2 Å². The van der Waals surface area contributed by atoms with E-state index in [0.29, 0.717) is 47.8 Å². The fourth-order valence-corrected chi connectivity index (χ4v) is 5.90. The molecular weight excluding hydrogens is 544 g/mol. The van der Waals surface area contributed by atoms with Gasteiger partial charge in [0, 0.05) is 6.42 Å². The highest BCUT2D eigenvalue weighted by Gasteiger charge is 2.36. The van der Waals surface area contributed by atoms with E-state index >= 15 is 0 Å². The van der Waals surface area contributed by atoms with E-state index in [1.165, 1.54) is 22.3 Å². The topological polar surface area (TPSA) is 96.6 Å². The van der Waals surface area contributed by atoms with Crippen LogP contribution < -0.4 is 14.2 Å². The zero-order valence-corrected chi connectivity index (χ0v) is 24.2.